The van der Waals surface area contributed by atoms with Crippen LogP contribution < -0.4 is 0 Å². The molecule has 0 aromatic rings. The number of hydrogen-bond acceptors (Lipinski definition) is 3. The summed E-state index contributed by atoms with van der Waals surface area (Å²) in [5, 5.41) is 0. The van der Waals surface area contributed by atoms with E-state index in [-0.39, 0.29) is 0 Å². The molecule has 1 rings (SSSR count). The first kappa shape index (κ1) is 11.1. The van der Waals surface area contributed by atoms with Crippen molar-refractivity contribution in [3.63, 3.8) is 0 Å². The molecule has 76 valence electrons. The Morgan fingerprint density at radius 1 is 1.31 bits per heavy atom. The third-order valence-electron chi connectivity index (χ3n) is 2.13. The summed E-state index contributed by atoms with van der Waals surface area (Å²) >= 11 is 4.12. The Morgan fingerprint density at radius 3 is 2.46 bits per heavy atom. The van der Waals surface area contributed by atoms with E-state index in [0.29, 0.717) is 12.2 Å². The van der Waals surface area contributed by atoms with Gasteiger partial charge in [0, 0.05) is 25.4 Å². The van der Waals surface area contributed by atoms with Crippen molar-refractivity contribution < 1.29 is 4.74 Å². The predicted octanol–water partition coefficient (Wildman–Crippen LogP) is 1.58. The number of hydrogen-bond donors (Lipinski definition) is 1. The lowest BCUT2D eigenvalue weighted by Crippen LogP contribution is -2.45. The molecule has 2 nitrogen and oxygen atoms in total. The van der Waals surface area contributed by atoms with Gasteiger partial charge in [-0.2, -0.15) is 12.6 Å². The van der Waals surface area contributed by atoms with Crippen LogP contribution >= 0.6 is 12.6 Å². The standard InChI is InChI=1S/C10H19NOS/c1-9-7-11(5-3-4-6-13)8-10(2)12-9/h3-4,9-10,13H,5-8H2,1-2H3. The van der Waals surface area contributed by atoms with Crippen LogP contribution in [0.15, 0.2) is 12.2 Å². The van der Waals surface area contributed by atoms with Crippen LogP contribution in [-0.4, -0.2) is 42.5 Å². The van der Waals surface area contributed by atoms with Gasteiger partial charge in [-0.25, -0.2) is 0 Å². The highest BCUT2D eigenvalue weighted by atomic mass is 32.1. The summed E-state index contributed by atoms with van der Waals surface area (Å²) in [7, 11) is 0. The van der Waals surface area contributed by atoms with E-state index >= 15 is 0 Å². The van der Waals surface area contributed by atoms with Crippen molar-refractivity contribution >= 4 is 12.6 Å². The summed E-state index contributed by atoms with van der Waals surface area (Å²) in [6, 6.07) is 0. The third-order valence-corrected chi connectivity index (χ3v) is 2.34. The second kappa shape index (κ2) is 5.68. The second-order valence-electron chi connectivity index (χ2n) is 3.63. The van der Waals surface area contributed by atoms with Crippen LogP contribution in [-0.2, 0) is 4.74 Å². The fraction of sp³-hybridized carbons (Fsp3) is 0.800. The Balaban J connectivity index is 2.28. The van der Waals surface area contributed by atoms with Gasteiger partial charge in [-0.15, -0.1) is 0 Å². The first-order chi connectivity index (χ1) is 6.22. The van der Waals surface area contributed by atoms with Crippen LogP contribution in [0.4, 0.5) is 0 Å². The topological polar surface area (TPSA) is 12.5 Å². The molecule has 13 heavy (non-hydrogen) atoms. The van der Waals surface area contributed by atoms with Gasteiger partial charge in [0.2, 0.25) is 0 Å². The first-order valence-electron chi connectivity index (χ1n) is 4.86. The Morgan fingerprint density at radius 2 is 1.92 bits per heavy atom. The zero-order chi connectivity index (χ0) is 9.68. The van der Waals surface area contributed by atoms with Crippen molar-refractivity contribution in [1.82, 2.24) is 4.90 Å². The smallest absolute Gasteiger partial charge is 0.0678 e. The maximum Gasteiger partial charge on any atom is 0.0678 e. The van der Waals surface area contributed by atoms with E-state index in [1.54, 1.807) is 0 Å². The van der Waals surface area contributed by atoms with Crippen molar-refractivity contribution in [2.24, 2.45) is 0 Å². The minimum Gasteiger partial charge on any atom is -0.373 e. The fourth-order valence-electron chi connectivity index (χ4n) is 1.73. The quantitative estimate of drug-likeness (QED) is 0.550. The molecule has 1 aliphatic heterocycles. The van der Waals surface area contributed by atoms with Crippen molar-refractivity contribution in [1.29, 1.82) is 0 Å². The number of thiol groups is 1. The molecule has 1 saturated heterocycles. The lowest BCUT2D eigenvalue weighted by atomic mass is 10.2. The zero-order valence-corrected chi connectivity index (χ0v) is 9.33. The molecule has 0 radical (unpaired) electrons. The zero-order valence-electron chi connectivity index (χ0n) is 8.44. The van der Waals surface area contributed by atoms with Crippen molar-refractivity contribution in [3.8, 4) is 0 Å². The number of rotatable bonds is 3. The van der Waals surface area contributed by atoms with Crippen LogP contribution in [0.3, 0.4) is 0 Å². The molecule has 0 amide bonds. The summed E-state index contributed by atoms with van der Waals surface area (Å²) < 4.78 is 5.64. The van der Waals surface area contributed by atoms with E-state index in [2.05, 4.69) is 43.5 Å². The maximum absolute atomic E-state index is 5.64. The summed E-state index contributed by atoms with van der Waals surface area (Å²) in [6.07, 6.45) is 5.01. The van der Waals surface area contributed by atoms with Crippen molar-refractivity contribution in [2.45, 2.75) is 26.1 Å². The molecule has 0 aromatic heterocycles. The van der Waals surface area contributed by atoms with E-state index in [0.717, 1.165) is 25.4 Å². The minimum atomic E-state index is 0.369. The number of ether oxygens (including phenoxy) is 1. The Labute approximate surface area is 86.4 Å². The van der Waals surface area contributed by atoms with Gasteiger partial charge < -0.3 is 4.74 Å². The van der Waals surface area contributed by atoms with E-state index < -0.39 is 0 Å². The van der Waals surface area contributed by atoms with Crippen LogP contribution in [0.1, 0.15) is 13.8 Å². The van der Waals surface area contributed by atoms with Gasteiger partial charge in [-0.3, -0.25) is 4.90 Å². The summed E-state index contributed by atoms with van der Waals surface area (Å²) in [5.74, 6) is 0.829. The number of morpholine rings is 1. The molecule has 0 spiro atoms. The molecular formula is C10H19NOS. The molecular weight excluding hydrogens is 182 g/mol. The van der Waals surface area contributed by atoms with Crippen LogP contribution in [0, 0.1) is 0 Å². The second-order valence-corrected chi connectivity index (χ2v) is 3.99. The molecule has 2 unspecified atom stereocenters. The Hall–Kier alpha value is 0.01000. The van der Waals surface area contributed by atoms with Gasteiger partial charge in [0.25, 0.3) is 0 Å². The Kier molecular flexibility index (Phi) is 4.84. The normalized spacial score (nSPS) is 31.3. The largest absolute Gasteiger partial charge is 0.373 e. The van der Waals surface area contributed by atoms with Crippen molar-refractivity contribution in [3.05, 3.63) is 12.2 Å². The lowest BCUT2D eigenvalue weighted by Gasteiger charge is -2.34. The van der Waals surface area contributed by atoms with Crippen LogP contribution in [0.25, 0.3) is 0 Å². The molecule has 3 heteroatoms. The molecule has 1 heterocycles. The van der Waals surface area contributed by atoms with Gasteiger partial charge in [-0.1, -0.05) is 12.2 Å². The van der Waals surface area contributed by atoms with E-state index in [4.69, 9.17) is 4.74 Å². The maximum atomic E-state index is 5.64. The van der Waals surface area contributed by atoms with Gasteiger partial charge in [-0.05, 0) is 13.8 Å². The third kappa shape index (κ3) is 4.16. The average molecular weight is 201 g/mol. The molecule has 0 N–H and O–H groups in total. The number of nitrogens with zero attached hydrogens (tertiary/aromatic N) is 1. The summed E-state index contributed by atoms with van der Waals surface area (Å²) in [5.41, 5.74) is 0. The summed E-state index contributed by atoms with van der Waals surface area (Å²) in [6.45, 7) is 7.37. The molecule has 2 atom stereocenters. The van der Waals surface area contributed by atoms with E-state index in [1.165, 1.54) is 0 Å². The SMILES string of the molecule is CC1CN(CC=CCS)CC(C)O1. The highest BCUT2D eigenvalue weighted by molar-refractivity contribution is 7.80. The molecule has 0 saturated carbocycles. The van der Waals surface area contributed by atoms with Crippen LogP contribution in [0.5, 0.6) is 0 Å². The van der Waals surface area contributed by atoms with Gasteiger partial charge in [0.1, 0.15) is 0 Å². The molecule has 0 aromatic carbocycles. The highest BCUT2D eigenvalue weighted by Crippen LogP contribution is 2.09. The molecule has 1 aliphatic rings. The average Bonchev–Trinajstić information content (AvgIpc) is 2.03. The predicted molar refractivity (Wildman–Crippen MR) is 59.4 cm³/mol. The van der Waals surface area contributed by atoms with Gasteiger partial charge in [0.05, 0.1) is 12.2 Å². The van der Waals surface area contributed by atoms with E-state index in [1.807, 2.05) is 0 Å². The molecule has 0 aliphatic carbocycles. The van der Waals surface area contributed by atoms with Gasteiger partial charge in [0.15, 0.2) is 0 Å². The van der Waals surface area contributed by atoms with Crippen LogP contribution in [0.2, 0.25) is 0 Å². The summed E-state index contributed by atoms with van der Waals surface area (Å²) in [4.78, 5) is 2.42. The highest BCUT2D eigenvalue weighted by Gasteiger charge is 2.20. The Bertz CT molecular complexity index is 162. The van der Waals surface area contributed by atoms with Gasteiger partial charge >= 0.3 is 0 Å². The lowest BCUT2D eigenvalue weighted by molar-refractivity contribution is -0.0646. The van der Waals surface area contributed by atoms with Crippen molar-refractivity contribution in [2.75, 3.05) is 25.4 Å². The first-order valence-corrected chi connectivity index (χ1v) is 5.49. The minimum absolute atomic E-state index is 0.369. The molecule has 1 fully saturated rings. The fourth-order valence-corrected chi connectivity index (χ4v) is 1.88. The monoisotopic (exact) mass is 201 g/mol. The van der Waals surface area contributed by atoms with E-state index in [9.17, 15) is 0 Å². The molecule has 0 bridgehead atoms.